The highest BCUT2D eigenvalue weighted by Crippen LogP contribution is 2.26. The number of alkyl halides is 1. The Morgan fingerprint density at radius 2 is 2.00 bits per heavy atom. The van der Waals surface area contributed by atoms with Crippen molar-refractivity contribution in [2.45, 2.75) is 44.6 Å². The molecule has 2 rings (SSSR count). The maximum atomic E-state index is 12.5. The Hall–Kier alpha value is -0.0900. The summed E-state index contributed by atoms with van der Waals surface area (Å²) in [6.45, 7) is 2.30. The Bertz CT molecular complexity index is 248. The van der Waals surface area contributed by atoms with Gasteiger partial charge < -0.3 is 9.64 Å². The molecule has 1 amide bonds. The van der Waals surface area contributed by atoms with E-state index < -0.39 is 0 Å². The second-order valence-electron chi connectivity index (χ2n) is 5.07. The zero-order valence-corrected chi connectivity index (χ0v) is 12.0. The highest BCUT2D eigenvalue weighted by molar-refractivity contribution is 9.09. The van der Waals surface area contributed by atoms with Crippen LogP contribution >= 0.6 is 15.9 Å². The summed E-state index contributed by atoms with van der Waals surface area (Å²) in [6.07, 6.45) is 6.96. The molecule has 1 heterocycles. The van der Waals surface area contributed by atoms with Crippen LogP contribution in [0.5, 0.6) is 0 Å². The molecule has 2 fully saturated rings. The topological polar surface area (TPSA) is 29.5 Å². The smallest absolute Gasteiger partial charge is 0.228 e. The second-order valence-corrected chi connectivity index (χ2v) is 5.87. The monoisotopic (exact) mass is 303 g/mol. The third-order valence-electron chi connectivity index (χ3n) is 3.88. The van der Waals surface area contributed by atoms with E-state index in [-0.39, 0.29) is 5.92 Å². The largest absolute Gasteiger partial charge is 0.381 e. The maximum absolute atomic E-state index is 12.5. The van der Waals surface area contributed by atoms with Crippen molar-refractivity contribution in [1.29, 1.82) is 0 Å². The van der Waals surface area contributed by atoms with E-state index in [4.69, 9.17) is 4.74 Å². The number of carbonyl (C=O) groups is 1. The molecule has 3 nitrogen and oxygen atoms in total. The molecule has 0 aromatic heterocycles. The van der Waals surface area contributed by atoms with E-state index >= 15 is 0 Å². The molecule has 0 radical (unpaired) electrons. The van der Waals surface area contributed by atoms with Crippen LogP contribution in [0.15, 0.2) is 0 Å². The number of hydrogen-bond donors (Lipinski definition) is 0. The number of carbonyl (C=O) groups excluding carboxylic acids is 1. The zero-order chi connectivity index (χ0) is 12.1. The van der Waals surface area contributed by atoms with E-state index in [1.165, 1.54) is 25.7 Å². The fourth-order valence-corrected chi connectivity index (χ4v) is 3.33. The maximum Gasteiger partial charge on any atom is 0.228 e. The van der Waals surface area contributed by atoms with Crippen LogP contribution in [0.4, 0.5) is 0 Å². The highest BCUT2D eigenvalue weighted by atomic mass is 79.9. The molecule has 0 bridgehead atoms. The number of hydrogen-bond acceptors (Lipinski definition) is 2. The Morgan fingerprint density at radius 1 is 1.24 bits per heavy atom. The molecule has 0 aromatic carbocycles. The molecule has 0 N–H and O–H groups in total. The second kappa shape index (κ2) is 6.74. The van der Waals surface area contributed by atoms with Crippen molar-refractivity contribution in [3.05, 3.63) is 0 Å². The van der Waals surface area contributed by atoms with Crippen LogP contribution < -0.4 is 0 Å². The minimum atomic E-state index is 0.114. The first-order valence-electron chi connectivity index (χ1n) is 6.77. The predicted molar refractivity (Wildman–Crippen MR) is 71.3 cm³/mol. The first kappa shape index (κ1) is 13.3. The summed E-state index contributed by atoms with van der Waals surface area (Å²) in [6, 6.07) is 0.488. The molecule has 17 heavy (non-hydrogen) atoms. The lowest BCUT2D eigenvalue weighted by Gasteiger charge is -2.33. The van der Waals surface area contributed by atoms with E-state index in [1.54, 1.807) is 0 Å². The van der Waals surface area contributed by atoms with Gasteiger partial charge in [-0.1, -0.05) is 28.8 Å². The summed E-state index contributed by atoms with van der Waals surface area (Å²) >= 11 is 3.46. The first-order chi connectivity index (χ1) is 8.33. The Morgan fingerprint density at radius 3 is 2.59 bits per heavy atom. The van der Waals surface area contributed by atoms with Crippen molar-refractivity contribution >= 4 is 21.8 Å². The molecule has 0 aromatic rings. The van der Waals surface area contributed by atoms with E-state index in [0.717, 1.165) is 31.3 Å². The van der Waals surface area contributed by atoms with E-state index in [0.29, 0.717) is 18.6 Å². The molecule has 1 saturated carbocycles. The average Bonchev–Trinajstić information content (AvgIpc) is 2.90. The van der Waals surface area contributed by atoms with Crippen LogP contribution in [0, 0.1) is 5.92 Å². The molecular weight excluding hydrogens is 282 g/mol. The van der Waals surface area contributed by atoms with E-state index in [9.17, 15) is 4.79 Å². The molecule has 98 valence electrons. The SMILES string of the molecule is O=C(C1CCCOC1)N(CCBr)C1CCCC1. The summed E-state index contributed by atoms with van der Waals surface area (Å²) in [5.41, 5.74) is 0. The van der Waals surface area contributed by atoms with Crippen molar-refractivity contribution < 1.29 is 9.53 Å². The fraction of sp³-hybridized carbons (Fsp3) is 0.923. The van der Waals surface area contributed by atoms with Gasteiger partial charge >= 0.3 is 0 Å². The van der Waals surface area contributed by atoms with Crippen LogP contribution in [0.2, 0.25) is 0 Å². The number of rotatable bonds is 4. The number of halogens is 1. The lowest BCUT2D eigenvalue weighted by Crippen LogP contribution is -2.45. The lowest BCUT2D eigenvalue weighted by atomic mass is 9.99. The molecule has 1 saturated heterocycles. The third-order valence-corrected chi connectivity index (χ3v) is 4.24. The molecule has 4 heteroatoms. The number of amides is 1. The molecular formula is C13H22BrNO2. The Balaban J connectivity index is 1.95. The Labute approximate surface area is 112 Å². The summed E-state index contributed by atoms with van der Waals surface area (Å²) in [5, 5.41) is 0.878. The normalized spacial score (nSPS) is 26.1. The zero-order valence-electron chi connectivity index (χ0n) is 10.4. The van der Waals surface area contributed by atoms with Crippen LogP contribution in [0.1, 0.15) is 38.5 Å². The number of ether oxygens (including phenoxy) is 1. The summed E-state index contributed by atoms with van der Waals surface area (Å²) in [7, 11) is 0. The van der Waals surface area contributed by atoms with Gasteiger partial charge in [-0.25, -0.2) is 0 Å². The van der Waals surface area contributed by atoms with Gasteiger partial charge in [-0.3, -0.25) is 4.79 Å². The summed E-state index contributed by atoms with van der Waals surface area (Å²) in [4.78, 5) is 14.6. The minimum Gasteiger partial charge on any atom is -0.381 e. The molecule has 1 aliphatic carbocycles. The van der Waals surface area contributed by atoms with Gasteiger partial charge in [0.2, 0.25) is 5.91 Å². The van der Waals surface area contributed by atoms with Gasteiger partial charge in [-0.15, -0.1) is 0 Å². The van der Waals surface area contributed by atoms with E-state index in [1.807, 2.05) is 0 Å². The van der Waals surface area contributed by atoms with Crippen LogP contribution in [0.3, 0.4) is 0 Å². The van der Waals surface area contributed by atoms with Crippen molar-refractivity contribution in [3.8, 4) is 0 Å². The quantitative estimate of drug-likeness (QED) is 0.747. The van der Waals surface area contributed by atoms with Crippen molar-refractivity contribution in [1.82, 2.24) is 4.90 Å². The molecule has 2 aliphatic rings. The standard InChI is InChI=1S/C13H22BrNO2/c14-7-8-15(12-5-1-2-6-12)13(16)11-4-3-9-17-10-11/h11-12H,1-10H2. The van der Waals surface area contributed by atoms with Gasteiger partial charge in [0.05, 0.1) is 12.5 Å². The van der Waals surface area contributed by atoms with Crippen LogP contribution in [0.25, 0.3) is 0 Å². The Kier molecular flexibility index (Phi) is 5.29. The lowest BCUT2D eigenvalue weighted by molar-refractivity contribution is -0.141. The number of nitrogens with zero attached hydrogens (tertiary/aromatic N) is 1. The molecule has 1 atom stereocenters. The molecule has 1 unspecified atom stereocenters. The summed E-state index contributed by atoms with van der Waals surface area (Å²) < 4.78 is 5.43. The molecule has 1 aliphatic heterocycles. The average molecular weight is 304 g/mol. The fourth-order valence-electron chi connectivity index (χ4n) is 2.95. The first-order valence-corrected chi connectivity index (χ1v) is 7.89. The van der Waals surface area contributed by atoms with Gasteiger partial charge in [-0.05, 0) is 25.7 Å². The van der Waals surface area contributed by atoms with Gasteiger partial charge in [0.25, 0.3) is 0 Å². The minimum absolute atomic E-state index is 0.114. The van der Waals surface area contributed by atoms with Gasteiger partial charge in [0.1, 0.15) is 0 Å². The van der Waals surface area contributed by atoms with Gasteiger partial charge in [0.15, 0.2) is 0 Å². The third kappa shape index (κ3) is 3.44. The van der Waals surface area contributed by atoms with Gasteiger partial charge in [-0.2, -0.15) is 0 Å². The van der Waals surface area contributed by atoms with Crippen LogP contribution in [-0.4, -0.2) is 41.9 Å². The summed E-state index contributed by atoms with van der Waals surface area (Å²) in [5.74, 6) is 0.444. The van der Waals surface area contributed by atoms with Gasteiger partial charge in [0, 0.05) is 24.5 Å². The van der Waals surface area contributed by atoms with Crippen molar-refractivity contribution in [2.75, 3.05) is 25.1 Å². The van der Waals surface area contributed by atoms with Crippen molar-refractivity contribution in [2.24, 2.45) is 5.92 Å². The van der Waals surface area contributed by atoms with E-state index in [2.05, 4.69) is 20.8 Å². The highest BCUT2D eigenvalue weighted by Gasteiger charge is 2.31. The van der Waals surface area contributed by atoms with Crippen LogP contribution in [-0.2, 0) is 9.53 Å². The predicted octanol–water partition coefficient (Wildman–Crippen LogP) is 2.58. The van der Waals surface area contributed by atoms with Crippen molar-refractivity contribution in [3.63, 3.8) is 0 Å². The molecule has 0 spiro atoms.